The predicted octanol–water partition coefficient (Wildman–Crippen LogP) is 1.16. The third-order valence-electron chi connectivity index (χ3n) is 4.09. The SMILES string of the molecule is O=C1NC(=O)C2(CCCC(C3CC3)C2)N1. The lowest BCUT2D eigenvalue weighted by atomic mass is 9.74. The fraction of sp³-hybridized carbons (Fsp3) is 0.818. The molecule has 1 heterocycles. The van der Waals surface area contributed by atoms with Crippen LogP contribution in [0.4, 0.5) is 4.79 Å². The molecule has 4 heteroatoms. The molecular weight excluding hydrogens is 192 g/mol. The van der Waals surface area contributed by atoms with Crippen LogP contribution in [0.25, 0.3) is 0 Å². The van der Waals surface area contributed by atoms with E-state index in [4.69, 9.17) is 0 Å². The van der Waals surface area contributed by atoms with Gasteiger partial charge in [-0.2, -0.15) is 0 Å². The minimum atomic E-state index is -0.553. The lowest BCUT2D eigenvalue weighted by molar-refractivity contribution is -0.125. The molecule has 3 fully saturated rings. The molecule has 1 saturated heterocycles. The summed E-state index contributed by atoms with van der Waals surface area (Å²) in [6, 6.07) is -0.309. The molecule has 1 spiro atoms. The van der Waals surface area contributed by atoms with Crippen molar-refractivity contribution in [2.24, 2.45) is 11.8 Å². The number of amides is 3. The summed E-state index contributed by atoms with van der Waals surface area (Å²) in [5, 5.41) is 5.20. The lowest BCUT2D eigenvalue weighted by Gasteiger charge is -2.35. The van der Waals surface area contributed by atoms with Gasteiger partial charge in [0.05, 0.1) is 0 Å². The van der Waals surface area contributed by atoms with Crippen molar-refractivity contribution in [1.82, 2.24) is 10.6 Å². The second-order valence-electron chi connectivity index (χ2n) is 5.18. The first-order valence-electron chi connectivity index (χ1n) is 5.83. The molecule has 2 atom stereocenters. The largest absolute Gasteiger partial charge is 0.323 e. The van der Waals surface area contributed by atoms with Crippen molar-refractivity contribution in [2.75, 3.05) is 0 Å². The second kappa shape index (κ2) is 2.97. The van der Waals surface area contributed by atoms with Crippen LogP contribution in [0.15, 0.2) is 0 Å². The highest BCUT2D eigenvalue weighted by Crippen LogP contribution is 2.47. The van der Waals surface area contributed by atoms with Crippen LogP contribution in [0.5, 0.6) is 0 Å². The number of carbonyl (C=O) groups is 2. The normalized spacial score (nSPS) is 40.4. The summed E-state index contributed by atoms with van der Waals surface area (Å²) < 4.78 is 0. The topological polar surface area (TPSA) is 58.2 Å². The maximum Gasteiger partial charge on any atom is 0.322 e. The van der Waals surface area contributed by atoms with E-state index in [0.717, 1.165) is 25.2 Å². The minimum Gasteiger partial charge on any atom is -0.323 e. The van der Waals surface area contributed by atoms with Crippen LogP contribution < -0.4 is 10.6 Å². The van der Waals surface area contributed by atoms with Gasteiger partial charge in [-0.15, -0.1) is 0 Å². The van der Waals surface area contributed by atoms with Gasteiger partial charge in [0.15, 0.2) is 0 Å². The second-order valence-corrected chi connectivity index (χ2v) is 5.18. The average Bonchev–Trinajstić information content (AvgIpc) is 2.97. The highest BCUT2D eigenvalue weighted by Gasteiger charge is 2.50. The molecular formula is C11H16N2O2. The number of imide groups is 1. The van der Waals surface area contributed by atoms with E-state index in [1.807, 2.05) is 0 Å². The molecule has 2 unspecified atom stereocenters. The average molecular weight is 208 g/mol. The number of hydrogen-bond acceptors (Lipinski definition) is 2. The van der Waals surface area contributed by atoms with E-state index in [0.29, 0.717) is 5.92 Å². The third kappa shape index (κ3) is 1.43. The van der Waals surface area contributed by atoms with Crippen LogP contribution in [-0.4, -0.2) is 17.5 Å². The molecule has 82 valence electrons. The molecule has 15 heavy (non-hydrogen) atoms. The lowest BCUT2D eigenvalue weighted by Crippen LogP contribution is -2.50. The summed E-state index contributed by atoms with van der Waals surface area (Å²) in [5.41, 5.74) is -0.553. The van der Waals surface area contributed by atoms with E-state index in [1.165, 1.54) is 19.3 Å². The van der Waals surface area contributed by atoms with Crippen molar-refractivity contribution in [3.05, 3.63) is 0 Å². The first kappa shape index (κ1) is 9.19. The van der Waals surface area contributed by atoms with Gasteiger partial charge in [0, 0.05) is 0 Å². The number of rotatable bonds is 1. The van der Waals surface area contributed by atoms with E-state index in [-0.39, 0.29) is 11.9 Å². The first-order valence-corrected chi connectivity index (χ1v) is 5.83. The van der Waals surface area contributed by atoms with E-state index in [1.54, 1.807) is 0 Å². The van der Waals surface area contributed by atoms with Crippen LogP contribution in [-0.2, 0) is 4.79 Å². The van der Waals surface area contributed by atoms with Gasteiger partial charge < -0.3 is 5.32 Å². The summed E-state index contributed by atoms with van der Waals surface area (Å²) in [7, 11) is 0. The molecule has 0 bridgehead atoms. The molecule has 4 nitrogen and oxygen atoms in total. The maximum atomic E-state index is 11.8. The van der Waals surface area contributed by atoms with Crippen molar-refractivity contribution in [3.63, 3.8) is 0 Å². The number of hydrogen-bond donors (Lipinski definition) is 2. The first-order chi connectivity index (χ1) is 7.20. The monoisotopic (exact) mass is 208 g/mol. The zero-order valence-electron chi connectivity index (χ0n) is 8.71. The highest BCUT2D eigenvalue weighted by atomic mass is 16.2. The molecule has 3 aliphatic rings. The van der Waals surface area contributed by atoms with Crippen molar-refractivity contribution in [3.8, 4) is 0 Å². The molecule has 3 amide bonds. The van der Waals surface area contributed by atoms with Gasteiger partial charge in [-0.1, -0.05) is 6.42 Å². The molecule has 1 aliphatic heterocycles. The predicted molar refractivity (Wildman–Crippen MR) is 54.1 cm³/mol. The van der Waals surface area contributed by atoms with Crippen LogP contribution in [0.1, 0.15) is 38.5 Å². The Kier molecular flexibility index (Phi) is 1.82. The summed E-state index contributed by atoms with van der Waals surface area (Å²) >= 11 is 0. The Labute approximate surface area is 88.8 Å². The zero-order chi connectivity index (χ0) is 10.5. The van der Waals surface area contributed by atoms with Crippen LogP contribution in [0.2, 0.25) is 0 Å². The standard InChI is InChI=1S/C11H16N2O2/c14-9-11(13-10(15)12-9)5-1-2-8(6-11)7-3-4-7/h7-8H,1-6H2,(H2,12,13,14,15). The van der Waals surface area contributed by atoms with Crippen molar-refractivity contribution in [2.45, 2.75) is 44.1 Å². The Bertz CT molecular complexity index is 325. The summed E-state index contributed by atoms with van der Waals surface area (Å²) in [6.07, 6.45) is 6.60. The Hall–Kier alpha value is -1.06. The van der Waals surface area contributed by atoms with Crippen molar-refractivity contribution < 1.29 is 9.59 Å². The number of carbonyl (C=O) groups excluding carboxylic acids is 2. The molecule has 0 aromatic rings. The van der Waals surface area contributed by atoms with Gasteiger partial charge in [0.1, 0.15) is 5.54 Å². The highest BCUT2D eigenvalue weighted by molar-refractivity contribution is 6.07. The molecule has 2 aliphatic carbocycles. The van der Waals surface area contributed by atoms with Crippen molar-refractivity contribution in [1.29, 1.82) is 0 Å². The smallest absolute Gasteiger partial charge is 0.322 e. The van der Waals surface area contributed by atoms with E-state index < -0.39 is 5.54 Å². The summed E-state index contributed by atoms with van der Waals surface area (Å²) in [4.78, 5) is 22.9. The third-order valence-corrected chi connectivity index (χ3v) is 4.09. The fourth-order valence-electron chi connectivity index (χ4n) is 3.14. The molecule has 0 radical (unpaired) electrons. The molecule has 0 aromatic heterocycles. The van der Waals surface area contributed by atoms with Crippen LogP contribution in [0, 0.1) is 11.8 Å². The van der Waals surface area contributed by atoms with E-state index in [9.17, 15) is 9.59 Å². The summed E-state index contributed by atoms with van der Waals surface area (Å²) in [5.74, 6) is 1.38. The quantitative estimate of drug-likeness (QED) is 0.635. The van der Waals surface area contributed by atoms with Gasteiger partial charge in [-0.3, -0.25) is 10.1 Å². The number of nitrogens with one attached hydrogen (secondary N) is 2. The van der Waals surface area contributed by atoms with Gasteiger partial charge in [0.25, 0.3) is 5.91 Å². The Morgan fingerprint density at radius 3 is 2.53 bits per heavy atom. The maximum absolute atomic E-state index is 11.8. The molecule has 2 N–H and O–H groups in total. The fourth-order valence-corrected chi connectivity index (χ4v) is 3.14. The number of urea groups is 1. The van der Waals surface area contributed by atoms with E-state index >= 15 is 0 Å². The Morgan fingerprint density at radius 2 is 1.93 bits per heavy atom. The van der Waals surface area contributed by atoms with Gasteiger partial charge >= 0.3 is 6.03 Å². The summed E-state index contributed by atoms with van der Waals surface area (Å²) in [6.45, 7) is 0. The van der Waals surface area contributed by atoms with Crippen LogP contribution in [0.3, 0.4) is 0 Å². The zero-order valence-corrected chi connectivity index (χ0v) is 8.71. The van der Waals surface area contributed by atoms with Gasteiger partial charge in [0.2, 0.25) is 0 Å². The van der Waals surface area contributed by atoms with Crippen molar-refractivity contribution >= 4 is 11.9 Å². The van der Waals surface area contributed by atoms with Gasteiger partial charge in [-0.05, 0) is 43.9 Å². The molecule has 3 rings (SSSR count). The van der Waals surface area contributed by atoms with Crippen LogP contribution >= 0.6 is 0 Å². The van der Waals surface area contributed by atoms with Gasteiger partial charge in [-0.25, -0.2) is 4.79 Å². The molecule has 0 aromatic carbocycles. The molecule has 2 saturated carbocycles. The Morgan fingerprint density at radius 1 is 1.13 bits per heavy atom. The van der Waals surface area contributed by atoms with E-state index in [2.05, 4.69) is 10.6 Å². The Balaban J connectivity index is 1.79. The minimum absolute atomic E-state index is 0.0992.